The molecule has 3 N–H and O–H groups in total. The Morgan fingerprint density at radius 2 is 2.00 bits per heavy atom. The summed E-state index contributed by atoms with van der Waals surface area (Å²) in [5.41, 5.74) is 1.00. The number of phenolic OH excluding ortho intramolecular Hbond substituents is 1. The summed E-state index contributed by atoms with van der Waals surface area (Å²) in [6, 6.07) is 7.20. The first kappa shape index (κ1) is 18.2. The van der Waals surface area contributed by atoms with Crippen LogP contribution in [-0.4, -0.2) is 31.4 Å². The van der Waals surface area contributed by atoms with Crippen LogP contribution < -0.4 is 10.6 Å². The number of carbonyl (C=O) groups is 1. The van der Waals surface area contributed by atoms with Gasteiger partial charge in [0.25, 0.3) is 0 Å². The average molecular weight is 282 g/mol. The number of ether oxygens (including phenoxy) is 1. The second-order valence-electron chi connectivity index (χ2n) is 4.40. The Kier molecular flexibility index (Phi) is 10.1. The third-order valence-electron chi connectivity index (χ3n) is 2.40. The van der Waals surface area contributed by atoms with E-state index in [0.29, 0.717) is 13.1 Å². The summed E-state index contributed by atoms with van der Waals surface area (Å²) in [5.74, 6) is 0.254. The quantitative estimate of drug-likeness (QED) is 0.726. The third-order valence-corrected chi connectivity index (χ3v) is 2.40. The first-order valence-corrected chi connectivity index (χ1v) is 6.89. The second-order valence-corrected chi connectivity index (χ2v) is 4.40. The molecule has 5 heteroatoms. The van der Waals surface area contributed by atoms with Crippen LogP contribution in [0.25, 0.3) is 0 Å². The summed E-state index contributed by atoms with van der Waals surface area (Å²) in [4.78, 5) is 10.8. The number of methoxy groups -OCH3 is 1. The summed E-state index contributed by atoms with van der Waals surface area (Å²) in [6.45, 7) is 7.37. The molecule has 1 aromatic rings. The molecule has 1 unspecified atom stereocenters. The Hall–Kier alpha value is -1.75. The molecule has 20 heavy (non-hydrogen) atoms. The van der Waals surface area contributed by atoms with E-state index < -0.39 is 6.09 Å². The lowest BCUT2D eigenvalue weighted by atomic mass is 10.1. The molecule has 0 aliphatic heterocycles. The first-order valence-electron chi connectivity index (χ1n) is 6.89. The Morgan fingerprint density at radius 1 is 1.35 bits per heavy atom. The molecule has 0 fully saturated rings. The van der Waals surface area contributed by atoms with E-state index in [4.69, 9.17) is 0 Å². The van der Waals surface area contributed by atoms with Crippen LogP contribution in [0.3, 0.4) is 0 Å². The predicted molar refractivity (Wildman–Crippen MR) is 80.9 cm³/mol. The van der Waals surface area contributed by atoms with Gasteiger partial charge in [-0.1, -0.05) is 32.4 Å². The maximum Gasteiger partial charge on any atom is 0.406 e. The Labute approximate surface area is 121 Å². The lowest BCUT2D eigenvalue weighted by molar-refractivity contribution is 0.171. The molecular formula is C15H26N2O3. The van der Waals surface area contributed by atoms with Crippen LogP contribution in [0.2, 0.25) is 0 Å². The number of hydrogen-bond donors (Lipinski definition) is 3. The SMILES string of the molecule is CCC.COC(=O)NCCNC(C)c1cccc(O)c1. The zero-order valence-corrected chi connectivity index (χ0v) is 12.8. The number of carbonyl (C=O) groups excluding carboxylic acids is 1. The van der Waals surface area contributed by atoms with Crippen molar-refractivity contribution in [2.24, 2.45) is 0 Å². The molecule has 0 saturated carbocycles. The van der Waals surface area contributed by atoms with Crippen LogP contribution in [0, 0.1) is 0 Å². The van der Waals surface area contributed by atoms with Crippen LogP contribution in [-0.2, 0) is 4.74 Å². The number of alkyl carbamates (subject to hydrolysis) is 1. The Bertz CT molecular complexity index is 383. The molecule has 0 saturated heterocycles. The lowest BCUT2D eigenvalue weighted by Crippen LogP contribution is -2.32. The highest BCUT2D eigenvalue weighted by atomic mass is 16.5. The molecule has 1 rings (SSSR count). The minimum Gasteiger partial charge on any atom is -0.508 e. The molecule has 114 valence electrons. The number of nitrogens with one attached hydrogen (secondary N) is 2. The molecule has 1 atom stereocenters. The number of hydrogen-bond acceptors (Lipinski definition) is 4. The molecule has 0 radical (unpaired) electrons. The van der Waals surface area contributed by atoms with Crippen LogP contribution in [0.1, 0.15) is 38.8 Å². The fourth-order valence-electron chi connectivity index (χ4n) is 1.44. The van der Waals surface area contributed by atoms with Crippen LogP contribution in [0.5, 0.6) is 5.75 Å². The van der Waals surface area contributed by atoms with Gasteiger partial charge in [0.1, 0.15) is 5.75 Å². The molecule has 1 amide bonds. The van der Waals surface area contributed by atoms with Gasteiger partial charge in [0.2, 0.25) is 0 Å². The number of phenols is 1. The lowest BCUT2D eigenvalue weighted by Gasteiger charge is -2.14. The topological polar surface area (TPSA) is 70.6 Å². The van der Waals surface area contributed by atoms with Gasteiger partial charge in [-0.15, -0.1) is 0 Å². The monoisotopic (exact) mass is 282 g/mol. The van der Waals surface area contributed by atoms with Crippen molar-refractivity contribution in [3.8, 4) is 5.75 Å². The van der Waals surface area contributed by atoms with E-state index in [1.54, 1.807) is 18.2 Å². The van der Waals surface area contributed by atoms with Gasteiger partial charge in [-0.3, -0.25) is 0 Å². The second kappa shape index (κ2) is 11.1. The third kappa shape index (κ3) is 8.37. The van der Waals surface area contributed by atoms with Crippen LogP contribution in [0.15, 0.2) is 24.3 Å². The van der Waals surface area contributed by atoms with Crippen molar-refractivity contribution in [1.29, 1.82) is 0 Å². The maximum absolute atomic E-state index is 10.8. The minimum absolute atomic E-state index is 0.113. The molecule has 1 aromatic carbocycles. The van der Waals surface area contributed by atoms with Gasteiger partial charge in [-0.25, -0.2) is 4.79 Å². The van der Waals surface area contributed by atoms with Crippen LogP contribution in [0.4, 0.5) is 4.79 Å². The smallest absolute Gasteiger partial charge is 0.406 e. The molecule has 0 aromatic heterocycles. The van der Waals surface area contributed by atoms with Gasteiger partial charge in [-0.2, -0.15) is 0 Å². The van der Waals surface area contributed by atoms with Crippen molar-refractivity contribution < 1.29 is 14.6 Å². The number of rotatable bonds is 5. The number of amides is 1. The minimum atomic E-state index is -0.434. The average Bonchev–Trinajstić information content (AvgIpc) is 2.44. The first-order chi connectivity index (χ1) is 9.54. The van der Waals surface area contributed by atoms with Gasteiger partial charge >= 0.3 is 6.09 Å². The fraction of sp³-hybridized carbons (Fsp3) is 0.533. The van der Waals surface area contributed by atoms with Gasteiger partial charge < -0.3 is 20.5 Å². The summed E-state index contributed by atoms with van der Waals surface area (Å²) in [5, 5.41) is 15.1. The van der Waals surface area contributed by atoms with Gasteiger partial charge in [0.15, 0.2) is 0 Å². The molecular weight excluding hydrogens is 256 g/mol. The molecule has 0 heterocycles. The van der Waals surface area contributed by atoms with Gasteiger partial charge in [-0.05, 0) is 24.6 Å². The highest BCUT2D eigenvalue weighted by Gasteiger charge is 2.05. The van der Waals surface area contributed by atoms with E-state index in [2.05, 4.69) is 29.2 Å². The highest BCUT2D eigenvalue weighted by molar-refractivity contribution is 5.66. The molecule has 5 nitrogen and oxygen atoms in total. The van der Waals surface area contributed by atoms with Crippen LogP contribution >= 0.6 is 0 Å². The highest BCUT2D eigenvalue weighted by Crippen LogP contribution is 2.17. The summed E-state index contributed by atoms with van der Waals surface area (Å²) < 4.78 is 4.45. The Balaban J connectivity index is 0.00000110. The molecule has 0 aliphatic rings. The normalized spacial score (nSPS) is 11.0. The van der Waals surface area contributed by atoms with Crippen molar-refractivity contribution in [2.75, 3.05) is 20.2 Å². The van der Waals surface area contributed by atoms with Crippen molar-refractivity contribution in [3.05, 3.63) is 29.8 Å². The van der Waals surface area contributed by atoms with E-state index in [1.165, 1.54) is 13.5 Å². The van der Waals surface area contributed by atoms with Gasteiger partial charge in [0, 0.05) is 19.1 Å². The van der Waals surface area contributed by atoms with Gasteiger partial charge in [0.05, 0.1) is 7.11 Å². The summed E-state index contributed by atoms with van der Waals surface area (Å²) in [7, 11) is 1.33. The van der Waals surface area contributed by atoms with Crippen molar-refractivity contribution in [2.45, 2.75) is 33.2 Å². The largest absolute Gasteiger partial charge is 0.508 e. The summed E-state index contributed by atoms with van der Waals surface area (Å²) >= 11 is 0. The summed E-state index contributed by atoms with van der Waals surface area (Å²) in [6.07, 6.45) is 0.816. The standard InChI is InChI=1S/C12H18N2O3.C3H8/c1-9(10-4-3-5-11(15)8-10)13-6-7-14-12(16)17-2;1-3-2/h3-5,8-9,13,15H,6-7H2,1-2H3,(H,14,16);3H2,1-2H3. The number of aromatic hydroxyl groups is 1. The number of benzene rings is 1. The van der Waals surface area contributed by atoms with E-state index in [-0.39, 0.29) is 11.8 Å². The molecule has 0 aliphatic carbocycles. The zero-order chi connectivity index (χ0) is 15.4. The predicted octanol–water partition coefficient (Wildman–Crippen LogP) is 2.82. The molecule has 0 bridgehead atoms. The van der Waals surface area contributed by atoms with Crippen molar-refractivity contribution >= 4 is 6.09 Å². The van der Waals surface area contributed by atoms with E-state index >= 15 is 0 Å². The van der Waals surface area contributed by atoms with E-state index in [1.807, 2.05) is 13.0 Å². The van der Waals surface area contributed by atoms with Crippen molar-refractivity contribution in [3.63, 3.8) is 0 Å². The molecule has 0 spiro atoms. The van der Waals surface area contributed by atoms with E-state index in [9.17, 15) is 9.90 Å². The van der Waals surface area contributed by atoms with E-state index in [0.717, 1.165) is 5.56 Å². The van der Waals surface area contributed by atoms with Crippen molar-refractivity contribution in [1.82, 2.24) is 10.6 Å². The zero-order valence-electron chi connectivity index (χ0n) is 12.8. The fourth-order valence-corrected chi connectivity index (χ4v) is 1.44. The Morgan fingerprint density at radius 3 is 2.55 bits per heavy atom. The maximum atomic E-state index is 10.8.